The first-order valence-electron chi connectivity index (χ1n) is 6.95. The summed E-state index contributed by atoms with van der Waals surface area (Å²) < 4.78 is 5.17. The lowest BCUT2D eigenvalue weighted by Crippen LogP contribution is -2.43. The smallest absolute Gasteiger partial charge is 0.326 e. The fourth-order valence-electron chi connectivity index (χ4n) is 1.92. The van der Waals surface area contributed by atoms with Crippen molar-refractivity contribution >= 4 is 11.9 Å². The zero-order chi connectivity index (χ0) is 15.9. The zero-order valence-corrected chi connectivity index (χ0v) is 12.8. The van der Waals surface area contributed by atoms with Gasteiger partial charge in [0.2, 0.25) is 5.91 Å². The third-order valence-electron chi connectivity index (χ3n) is 3.34. The molecule has 0 aromatic heterocycles. The molecule has 116 valence electrons. The van der Waals surface area contributed by atoms with E-state index in [9.17, 15) is 14.7 Å². The first kappa shape index (κ1) is 17.2. The van der Waals surface area contributed by atoms with Crippen molar-refractivity contribution < 1.29 is 19.4 Å². The minimum Gasteiger partial charge on any atom is -0.480 e. The molecule has 0 unspecified atom stereocenters. The molecule has 0 bridgehead atoms. The maximum absolute atomic E-state index is 11.9. The maximum Gasteiger partial charge on any atom is 0.326 e. The van der Waals surface area contributed by atoms with Crippen LogP contribution >= 0.6 is 0 Å². The molecule has 0 saturated carbocycles. The molecule has 0 saturated heterocycles. The number of carboxylic acids is 1. The largest absolute Gasteiger partial charge is 0.480 e. The van der Waals surface area contributed by atoms with Crippen LogP contribution in [0.25, 0.3) is 0 Å². The lowest BCUT2D eigenvalue weighted by Gasteiger charge is -2.23. The first-order chi connectivity index (χ1) is 9.84. The average molecular weight is 293 g/mol. The Morgan fingerprint density at radius 3 is 2.43 bits per heavy atom. The standard InChI is InChI=1S/C16H23NO4/c1-16(2,21-3)11-14(18)17-13(15(19)20)10-9-12-7-5-4-6-8-12/h4-8,13H,9-11H2,1-3H3,(H,17,18)(H,19,20)/t13-/m0/s1. The SMILES string of the molecule is COC(C)(C)CC(=O)N[C@@H](CCc1ccccc1)C(=O)O. The van der Waals surface area contributed by atoms with Crippen LogP contribution in [0.2, 0.25) is 0 Å². The van der Waals surface area contributed by atoms with Crippen molar-refractivity contribution in [3.8, 4) is 0 Å². The average Bonchev–Trinajstić information content (AvgIpc) is 2.43. The molecule has 5 nitrogen and oxygen atoms in total. The lowest BCUT2D eigenvalue weighted by atomic mass is 10.0. The van der Waals surface area contributed by atoms with Crippen LogP contribution in [0.15, 0.2) is 30.3 Å². The molecule has 1 atom stereocenters. The Labute approximate surface area is 125 Å². The third kappa shape index (κ3) is 6.40. The minimum absolute atomic E-state index is 0.124. The predicted molar refractivity (Wildman–Crippen MR) is 80.0 cm³/mol. The summed E-state index contributed by atoms with van der Waals surface area (Å²) in [4.78, 5) is 23.1. The van der Waals surface area contributed by atoms with E-state index in [0.29, 0.717) is 12.8 Å². The highest BCUT2D eigenvalue weighted by atomic mass is 16.5. The number of carboxylic acid groups (broad SMARTS) is 1. The number of benzene rings is 1. The van der Waals surface area contributed by atoms with Gasteiger partial charge in [-0.1, -0.05) is 30.3 Å². The molecule has 2 N–H and O–H groups in total. The number of nitrogens with one attached hydrogen (secondary N) is 1. The number of amides is 1. The van der Waals surface area contributed by atoms with E-state index in [-0.39, 0.29) is 12.3 Å². The van der Waals surface area contributed by atoms with E-state index in [1.807, 2.05) is 30.3 Å². The fraction of sp³-hybridized carbons (Fsp3) is 0.500. The molecule has 1 aromatic carbocycles. The van der Waals surface area contributed by atoms with Gasteiger partial charge in [0, 0.05) is 7.11 Å². The minimum atomic E-state index is -1.02. The quantitative estimate of drug-likeness (QED) is 0.768. The highest BCUT2D eigenvalue weighted by Gasteiger charge is 2.25. The lowest BCUT2D eigenvalue weighted by molar-refractivity contribution is -0.142. The second-order valence-electron chi connectivity index (χ2n) is 5.62. The number of hydrogen-bond acceptors (Lipinski definition) is 3. The van der Waals surface area contributed by atoms with Crippen molar-refractivity contribution in [2.75, 3.05) is 7.11 Å². The van der Waals surface area contributed by atoms with Crippen molar-refractivity contribution in [3.63, 3.8) is 0 Å². The van der Waals surface area contributed by atoms with Gasteiger partial charge in [0.25, 0.3) is 0 Å². The van der Waals surface area contributed by atoms with E-state index < -0.39 is 17.6 Å². The predicted octanol–water partition coefficient (Wildman–Crippen LogP) is 2.00. The van der Waals surface area contributed by atoms with Crippen LogP contribution in [0.4, 0.5) is 0 Å². The Morgan fingerprint density at radius 1 is 1.29 bits per heavy atom. The van der Waals surface area contributed by atoms with Gasteiger partial charge in [0.1, 0.15) is 6.04 Å². The van der Waals surface area contributed by atoms with Gasteiger partial charge in [0.05, 0.1) is 12.0 Å². The molecule has 1 aromatic rings. The molecule has 5 heteroatoms. The Bertz CT molecular complexity index is 470. The second-order valence-corrected chi connectivity index (χ2v) is 5.62. The number of methoxy groups -OCH3 is 1. The number of ether oxygens (including phenoxy) is 1. The second kappa shape index (κ2) is 7.78. The Hall–Kier alpha value is -1.88. The monoisotopic (exact) mass is 293 g/mol. The first-order valence-corrected chi connectivity index (χ1v) is 6.95. The molecule has 0 heterocycles. The van der Waals surface area contributed by atoms with Crippen molar-refractivity contribution in [2.24, 2.45) is 0 Å². The van der Waals surface area contributed by atoms with Crippen LogP contribution in [0.5, 0.6) is 0 Å². The van der Waals surface area contributed by atoms with E-state index in [1.54, 1.807) is 13.8 Å². The molecular formula is C16H23NO4. The van der Waals surface area contributed by atoms with Crippen molar-refractivity contribution in [2.45, 2.75) is 44.8 Å². The topological polar surface area (TPSA) is 75.6 Å². The van der Waals surface area contributed by atoms with Gasteiger partial charge in [-0.05, 0) is 32.3 Å². The number of aliphatic carboxylic acids is 1. The molecule has 0 aliphatic carbocycles. The summed E-state index contributed by atoms with van der Waals surface area (Å²) in [6, 6.07) is 8.72. The highest BCUT2D eigenvalue weighted by molar-refractivity contribution is 5.84. The molecule has 1 rings (SSSR count). The van der Waals surface area contributed by atoms with E-state index >= 15 is 0 Å². The molecule has 0 aliphatic rings. The van der Waals surface area contributed by atoms with Crippen LogP contribution in [-0.4, -0.2) is 35.7 Å². The molecule has 21 heavy (non-hydrogen) atoms. The number of rotatable bonds is 8. The summed E-state index contributed by atoms with van der Waals surface area (Å²) >= 11 is 0. The number of hydrogen-bond donors (Lipinski definition) is 2. The molecule has 0 spiro atoms. The van der Waals surface area contributed by atoms with Gasteiger partial charge in [0.15, 0.2) is 0 Å². The van der Waals surface area contributed by atoms with Crippen molar-refractivity contribution in [3.05, 3.63) is 35.9 Å². The van der Waals surface area contributed by atoms with Crippen molar-refractivity contribution in [1.82, 2.24) is 5.32 Å². The van der Waals surface area contributed by atoms with E-state index in [0.717, 1.165) is 5.56 Å². The molecule has 1 amide bonds. The van der Waals surface area contributed by atoms with Crippen LogP contribution in [-0.2, 0) is 20.7 Å². The number of carbonyl (C=O) groups excluding carboxylic acids is 1. The molecular weight excluding hydrogens is 270 g/mol. The van der Waals surface area contributed by atoms with E-state index in [1.165, 1.54) is 7.11 Å². The van der Waals surface area contributed by atoms with E-state index in [2.05, 4.69) is 5.32 Å². The van der Waals surface area contributed by atoms with Gasteiger partial charge < -0.3 is 15.2 Å². The maximum atomic E-state index is 11.9. The summed E-state index contributed by atoms with van der Waals surface area (Å²) in [5.74, 6) is -1.34. The third-order valence-corrected chi connectivity index (χ3v) is 3.34. The summed E-state index contributed by atoms with van der Waals surface area (Å²) in [7, 11) is 1.53. The Balaban J connectivity index is 2.54. The molecule has 0 fully saturated rings. The molecule has 0 aliphatic heterocycles. The number of aryl methyl sites for hydroxylation is 1. The zero-order valence-electron chi connectivity index (χ0n) is 12.8. The number of carbonyl (C=O) groups is 2. The Kier molecular flexibility index (Phi) is 6.37. The summed E-state index contributed by atoms with van der Waals surface area (Å²) in [6.45, 7) is 3.57. The van der Waals surface area contributed by atoms with Crippen LogP contribution in [0.1, 0.15) is 32.3 Å². The van der Waals surface area contributed by atoms with E-state index in [4.69, 9.17) is 4.74 Å². The summed E-state index contributed by atoms with van der Waals surface area (Å²) in [5, 5.41) is 11.8. The van der Waals surface area contributed by atoms with Gasteiger partial charge >= 0.3 is 5.97 Å². The summed E-state index contributed by atoms with van der Waals surface area (Å²) in [5.41, 5.74) is 0.447. The highest BCUT2D eigenvalue weighted by Crippen LogP contribution is 2.13. The normalized spacial score (nSPS) is 12.7. The van der Waals surface area contributed by atoms with Crippen LogP contribution < -0.4 is 5.32 Å². The summed E-state index contributed by atoms with van der Waals surface area (Å²) in [6.07, 6.45) is 1.09. The van der Waals surface area contributed by atoms with Crippen LogP contribution in [0, 0.1) is 0 Å². The fourth-order valence-corrected chi connectivity index (χ4v) is 1.92. The van der Waals surface area contributed by atoms with Crippen molar-refractivity contribution in [1.29, 1.82) is 0 Å². The van der Waals surface area contributed by atoms with Crippen LogP contribution in [0.3, 0.4) is 0 Å². The van der Waals surface area contributed by atoms with Gasteiger partial charge in [-0.2, -0.15) is 0 Å². The van der Waals surface area contributed by atoms with Gasteiger partial charge in [-0.25, -0.2) is 4.79 Å². The molecule has 0 radical (unpaired) electrons. The Morgan fingerprint density at radius 2 is 1.90 bits per heavy atom. The van der Waals surface area contributed by atoms with Gasteiger partial charge in [-0.3, -0.25) is 4.79 Å². The van der Waals surface area contributed by atoms with Gasteiger partial charge in [-0.15, -0.1) is 0 Å².